The van der Waals surface area contributed by atoms with Crippen LogP contribution in [0, 0.1) is 71.0 Å². The van der Waals surface area contributed by atoms with E-state index in [1.54, 1.807) is 52.9 Å². The first-order valence-electron chi connectivity index (χ1n) is 42.4. The number of alkyl halides is 3. The maximum Gasteiger partial charge on any atom is 0.381 e. The zero-order valence-electron chi connectivity index (χ0n) is 77.1. The molecule has 0 saturated carbocycles. The fourth-order valence-corrected chi connectivity index (χ4v) is 12.5. The summed E-state index contributed by atoms with van der Waals surface area (Å²) in [7, 11) is 2.71. The summed E-state index contributed by atoms with van der Waals surface area (Å²) in [6.45, 7) is 16.3. The number of aromatic nitrogens is 12. The number of pyridine rings is 2. The van der Waals surface area contributed by atoms with Crippen LogP contribution < -0.4 is 0 Å². The number of aryl methyl sites for hydroxylation is 5. The van der Waals surface area contributed by atoms with Gasteiger partial charge in [0.05, 0.1) is 79.6 Å². The van der Waals surface area contributed by atoms with Crippen molar-refractivity contribution in [2.24, 2.45) is 0 Å². The smallest absolute Gasteiger partial charge is 0.381 e. The van der Waals surface area contributed by atoms with Gasteiger partial charge in [0, 0.05) is 191 Å². The Balaban J connectivity index is 0.000000325. The van der Waals surface area contributed by atoms with Gasteiger partial charge in [-0.05, 0) is 165 Å². The summed E-state index contributed by atoms with van der Waals surface area (Å²) in [6.07, 6.45) is -3.49. The van der Waals surface area contributed by atoms with E-state index in [1.807, 2.05) is 289 Å². The minimum atomic E-state index is -4.36. The van der Waals surface area contributed by atoms with Crippen LogP contribution in [0.1, 0.15) is 91.5 Å². The monoisotopic (exact) mass is 2750 g/mol. The predicted octanol–water partition coefficient (Wildman–Crippen LogP) is 20.9. The number of aromatic carboxylic acids is 1. The molecule has 0 aliphatic rings. The Kier molecular flexibility index (Phi) is 53.9. The van der Waals surface area contributed by atoms with Gasteiger partial charge in [0.15, 0.2) is 12.6 Å². The maximum absolute atomic E-state index is 12.6. The van der Waals surface area contributed by atoms with Crippen molar-refractivity contribution in [3.8, 4) is 67.5 Å². The molecule has 0 amide bonds. The number of nitrogens with zero attached hydrogens (tertiary/aromatic N) is 12. The van der Waals surface area contributed by atoms with E-state index < -0.39 is 30.3 Å². The van der Waals surface area contributed by atoms with Crippen molar-refractivity contribution >= 4 is 61.1 Å². The summed E-state index contributed by atoms with van der Waals surface area (Å²) in [5.41, 5.74) is 23.3. The zero-order valence-corrected chi connectivity index (χ0v) is 89.0. The quantitative estimate of drug-likeness (QED) is 0.0370. The standard InChI is InChI=1S/C16H10F3N2.4C15H11N2.C11H8N.C6H5NO2.C5H12O4.2C5H12O2.5Ir/c1-10-15(21-14-5-3-2-4-13(14)20-10)11-6-8-12(9-7-11)16(17,18)19;4*1-11-15(12-7-3-2-4-8-12)17-14-10-6-5-9-13(14)16-11;1-2-6-10(7-3-1)11-8-4-5-9-12-11;8-6(9)5-3-1-2-4-7-5;1-8-4(6)3-5(7)9-2;2*1-4(6)3-5(2)7;;;;;/h2-6,8-9H,1H3;4*2-7,9-10H,1H3;1-6,8-9H;1-4H,(H,8,9);4-7H,3H2,1-2H3;2*4-7H,3H2,1-2H3;;;;;/q6*-1;;;;;;;;;. The predicted molar refractivity (Wildman–Crippen MR) is 514 cm³/mol. The van der Waals surface area contributed by atoms with Gasteiger partial charge in [-0.2, -0.15) is 13.2 Å². The normalized spacial score (nSPS) is 11.5. The second kappa shape index (κ2) is 62.5. The van der Waals surface area contributed by atoms with E-state index in [2.05, 4.69) is 106 Å². The Morgan fingerprint density at radius 3 is 0.732 bits per heavy atom. The molecule has 30 heteroatoms. The second-order valence-electron chi connectivity index (χ2n) is 29.8. The molecule has 138 heavy (non-hydrogen) atoms. The van der Waals surface area contributed by atoms with Crippen LogP contribution in [0.5, 0.6) is 0 Å². The summed E-state index contributed by atoms with van der Waals surface area (Å²) < 4.78 is 46.6. The fourth-order valence-electron chi connectivity index (χ4n) is 12.5. The second-order valence-corrected chi connectivity index (χ2v) is 29.8. The Bertz CT molecular complexity index is 6010. The molecule has 0 bridgehead atoms. The molecule has 7 heterocycles. The van der Waals surface area contributed by atoms with Crippen LogP contribution >= 0.6 is 0 Å². The van der Waals surface area contributed by atoms with Crippen LogP contribution in [0.25, 0.3) is 123 Å². The number of carboxylic acid groups (broad SMARTS) is 1. The van der Waals surface area contributed by atoms with Crippen LogP contribution in [0.15, 0.2) is 310 Å². The van der Waals surface area contributed by atoms with Crippen LogP contribution in [-0.4, -0.2) is 153 Å². The van der Waals surface area contributed by atoms with Crippen molar-refractivity contribution in [2.75, 3.05) is 14.2 Å². The minimum Gasteiger partial charge on any atom is -0.477 e. The molecule has 0 aliphatic heterocycles. The summed E-state index contributed by atoms with van der Waals surface area (Å²) in [5.74, 6) is -0.990. The average Bonchev–Trinajstić information content (AvgIpc) is 0.827. The summed E-state index contributed by atoms with van der Waals surface area (Å²) in [6, 6.07) is 111. The number of aliphatic hydroxyl groups excluding tert-OH is 6. The molecule has 0 saturated heterocycles. The van der Waals surface area contributed by atoms with Crippen molar-refractivity contribution < 1.29 is 164 Å². The molecule has 727 valence electrons. The largest absolute Gasteiger partial charge is 0.477 e. The van der Waals surface area contributed by atoms with Gasteiger partial charge in [-0.1, -0.05) is 78.9 Å². The van der Waals surface area contributed by atoms with Crippen molar-refractivity contribution in [2.45, 2.75) is 125 Å². The number of hydrogen-bond donors (Lipinski definition) is 7. The van der Waals surface area contributed by atoms with Crippen molar-refractivity contribution in [1.82, 2.24) is 59.8 Å². The van der Waals surface area contributed by atoms with Gasteiger partial charge >= 0.3 is 12.1 Å². The Labute approximate surface area is 869 Å². The van der Waals surface area contributed by atoms with Gasteiger partial charge in [0.2, 0.25) is 0 Å². The number of hydrogen-bond acceptors (Lipinski definition) is 21. The fraction of sp³-hybridized carbons (Fsp3) is 0.194. The van der Waals surface area contributed by atoms with Gasteiger partial charge in [0.25, 0.3) is 0 Å². The summed E-state index contributed by atoms with van der Waals surface area (Å²) in [5, 5.41) is 60.0. The molecule has 7 aromatic heterocycles. The molecule has 0 aliphatic carbocycles. The first-order valence-corrected chi connectivity index (χ1v) is 42.4. The molecule has 6 atom stereocenters. The third-order valence-corrected chi connectivity index (χ3v) is 18.8. The average molecular weight is 2750 g/mol. The Hall–Kier alpha value is -11.4. The first kappa shape index (κ1) is 119. The van der Waals surface area contributed by atoms with Gasteiger partial charge < -0.3 is 50.2 Å². The molecule has 18 aromatic rings. The number of carboxylic acids is 1. The molecule has 0 spiro atoms. The van der Waals surface area contributed by atoms with E-state index in [0.717, 1.165) is 141 Å². The van der Waals surface area contributed by atoms with E-state index in [0.29, 0.717) is 35.3 Å². The SMILES string of the molecule is CC(O)CC(C)O.CC(O)CC(C)O.COC(O)CC(O)OC.Cc1nc2ccccc2nc1-c1[c-]cc(C(F)(F)F)cc1.Cc1nc2ccccc2nc1-c1[c-]cccc1.Cc1nc2ccccc2nc1-c1[c-]cccc1.Cc1nc2ccccc2nc1-c1[c-]cccc1.Cc1nc2ccccc2nc1-c1[c-]cccc1.O=C(O)c1ccccn1.[Ir].[Ir].[Ir].[Ir].[Ir].[c-]1ccccc1-c1ccccn1. The molecule has 0 fully saturated rings. The van der Waals surface area contributed by atoms with E-state index in [4.69, 9.17) is 35.7 Å². The number of ether oxygens (including phenoxy) is 2. The zero-order chi connectivity index (χ0) is 95.6. The van der Waals surface area contributed by atoms with Crippen molar-refractivity contribution in [1.29, 1.82) is 0 Å². The number of fused-ring (bicyclic) bond motifs is 5. The van der Waals surface area contributed by atoms with Crippen molar-refractivity contribution in [3.05, 3.63) is 386 Å². The molecular weight excluding hydrogens is 2640 g/mol. The number of benzene rings is 11. The van der Waals surface area contributed by atoms with Crippen LogP contribution in [0.2, 0.25) is 0 Å². The van der Waals surface area contributed by atoms with E-state index in [9.17, 15) is 18.0 Å². The van der Waals surface area contributed by atoms with E-state index in [1.165, 1.54) is 32.5 Å². The number of aliphatic hydroxyl groups is 6. The number of methoxy groups -OCH3 is 2. The molecule has 5 radical (unpaired) electrons. The van der Waals surface area contributed by atoms with E-state index >= 15 is 0 Å². The summed E-state index contributed by atoms with van der Waals surface area (Å²) >= 11 is 0. The molecule has 22 nitrogen and oxygen atoms in total. The first-order chi connectivity index (χ1) is 64.0. The maximum atomic E-state index is 12.6. The van der Waals surface area contributed by atoms with Crippen LogP contribution in [0.3, 0.4) is 0 Å². The Morgan fingerprint density at radius 2 is 0.543 bits per heavy atom. The molecule has 7 N–H and O–H groups in total. The van der Waals surface area contributed by atoms with Crippen LogP contribution in [-0.2, 0) is 116 Å². The van der Waals surface area contributed by atoms with E-state index in [-0.39, 0.29) is 137 Å². The van der Waals surface area contributed by atoms with Gasteiger partial charge in [0.1, 0.15) is 5.69 Å². The van der Waals surface area contributed by atoms with Crippen molar-refractivity contribution in [3.63, 3.8) is 0 Å². The summed E-state index contributed by atoms with van der Waals surface area (Å²) in [4.78, 5) is 63.7. The van der Waals surface area contributed by atoms with Gasteiger partial charge in [-0.25, -0.2) is 9.78 Å². The molecule has 6 unspecified atom stereocenters. The molecule has 18 rings (SSSR count). The molecular formula is C108H103F3Ir5N12O10-6. The van der Waals surface area contributed by atoms with Crippen LogP contribution in [0.4, 0.5) is 13.2 Å². The minimum absolute atomic E-state index is 0. The number of halogens is 3. The number of carbonyl (C=O) groups is 1. The number of para-hydroxylation sites is 10. The Morgan fingerprint density at radius 1 is 0.304 bits per heavy atom. The topological polar surface area (TPSA) is 332 Å². The number of rotatable bonds is 15. The van der Waals surface area contributed by atoms with Gasteiger partial charge in [-0.15, -0.1) is 209 Å². The third-order valence-electron chi connectivity index (χ3n) is 18.8. The third kappa shape index (κ3) is 39.5. The molecule has 11 aromatic carbocycles. The van der Waals surface area contributed by atoms with Gasteiger partial charge in [-0.3, -0.25) is 49.8 Å².